The first-order valence-electron chi connectivity index (χ1n) is 13.5. The number of allylic oxidation sites excluding steroid dienone is 4. The van der Waals surface area contributed by atoms with Crippen molar-refractivity contribution < 1.29 is 48.7 Å². The molecule has 0 bridgehead atoms. The smallest absolute Gasteiger partial charge is 0.408 e. The molecular formula is C31H43NO10. The summed E-state index contributed by atoms with van der Waals surface area (Å²) in [4.78, 5) is 46.0. The maximum absolute atomic E-state index is 12.0. The Hall–Kier alpha value is -4.12. The van der Waals surface area contributed by atoms with Gasteiger partial charge >= 0.3 is 12.1 Å². The van der Waals surface area contributed by atoms with Gasteiger partial charge in [-0.15, -0.1) is 0 Å². The Balaban J connectivity index is 0.000000501. The van der Waals surface area contributed by atoms with E-state index in [4.69, 9.17) is 19.3 Å². The molecule has 0 radical (unpaired) electrons. The summed E-state index contributed by atoms with van der Waals surface area (Å²) in [5, 5.41) is 30.3. The Morgan fingerprint density at radius 3 is 2.26 bits per heavy atom. The van der Waals surface area contributed by atoms with E-state index in [0.717, 1.165) is 0 Å². The predicted octanol–water partition coefficient (Wildman–Crippen LogP) is 4.99. The molecule has 11 nitrogen and oxygen atoms in total. The first kappa shape index (κ1) is 35.9. The van der Waals surface area contributed by atoms with Gasteiger partial charge in [-0.3, -0.25) is 9.59 Å². The zero-order valence-electron chi connectivity index (χ0n) is 25.2. The first-order valence-corrected chi connectivity index (χ1v) is 13.5. The van der Waals surface area contributed by atoms with Crippen molar-refractivity contribution >= 4 is 29.7 Å². The molecule has 0 saturated heterocycles. The second-order valence-electron chi connectivity index (χ2n) is 11.0. The minimum atomic E-state index is -1.06. The minimum absolute atomic E-state index is 0.0166. The van der Waals surface area contributed by atoms with Gasteiger partial charge in [0.2, 0.25) is 0 Å². The van der Waals surface area contributed by atoms with E-state index in [0.29, 0.717) is 24.2 Å². The molecule has 0 aliphatic heterocycles. The van der Waals surface area contributed by atoms with Gasteiger partial charge in [-0.1, -0.05) is 32.1 Å². The number of carboxylic acid groups (broad SMARTS) is 1. The molecule has 1 amide bonds. The number of hydrogen-bond acceptors (Lipinski definition) is 9. The fraction of sp³-hybridized carbons (Fsp3) is 0.484. The van der Waals surface area contributed by atoms with Crippen LogP contribution in [0, 0.1) is 11.8 Å². The quantitative estimate of drug-likeness (QED) is 0.204. The lowest BCUT2D eigenvalue weighted by molar-refractivity contribution is -0.140. The van der Waals surface area contributed by atoms with Crippen molar-refractivity contribution in [2.24, 2.45) is 11.8 Å². The summed E-state index contributed by atoms with van der Waals surface area (Å²) in [5.41, 5.74) is 0.0600. The first-order chi connectivity index (χ1) is 19.6. The third-order valence-corrected chi connectivity index (χ3v) is 5.93. The summed E-state index contributed by atoms with van der Waals surface area (Å²) in [6.45, 7) is 8.60. The van der Waals surface area contributed by atoms with Crippen molar-refractivity contribution in [1.82, 2.24) is 5.32 Å². The number of carbonyl (C=O) groups excluding carboxylic acids is 3. The normalized spacial score (nSPS) is 17.7. The van der Waals surface area contributed by atoms with Gasteiger partial charge in [-0.05, 0) is 81.4 Å². The Labute approximate surface area is 246 Å². The van der Waals surface area contributed by atoms with Crippen LogP contribution in [0.5, 0.6) is 11.5 Å². The number of alkyl carbamates (subject to hydrolysis) is 1. The number of phenols is 1. The van der Waals surface area contributed by atoms with Crippen LogP contribution in [0.1, 0.15) is 59.4 Å². The zero-order valence-corrected chi connectivity index (χ0v) is 25.2. The van der Waals surface area contributed by atoms with Crippen molar-refractivity contribution in [2.75, 3.05) is 14.2 Å². The van der Waals surface area contributed by atoms with Gasteiger partial charge in [-0.2, -0.15) is 0 Å². The van der Waals surface area contributed by atoms with Crippen LogP contribution in [0.3, 0.4) is 0 Å². The van der Waals surface area contributed by atoms with E-state index in [9.17, 15) is 29.4 Å². The van der Waals surface area contributed by atoms with Crippen LogP contribution in [-0.4, -0.2) is 70.9 Å². The van der Waals surface area contributed by atoms with Gasteiger partial charge in [0.25, 0.3) is 0 Å². The van der Waals surface area contributed by atoms with Crippen LogP contribution in [0.4, 0.5) is 4.79 Å². The molecule has 3 atom stereocenters. The highest BCUT2D eigenvalue weighted by Gasteiger charge is 2.26. The third kappa shape index (κ3) is 13.5. The molecule has 0 fully saturated rings. The summed E-state index contributed by atoms with van der Waals surface area (Å²) < 4.78 is 15.1. The predicted molar refractivity (Wildman–Crippen MR) is 157 cm³/mol. The molecule has 11 heteroatoms. The lowest BCUT2D eigenvalue weighted by Gasteiger charge is -2.23. The molecule has 1 aromatic rings. The summed E-state index contributed by atoms with van der Waals surface area (Å²) in [7, 11) is 2.97. The van der Waals surface area contributed by atoms with Crippen LogP contribution in [-0.2, 0) is 23.9 Å². The summed E-state index contributed by atoms with van der Waals surface area (Å²) in [5.74, 6) is -1.20. The number of aliphatic hydroxyl groups is 1. The number of hydrogen-bond donors (Lipinski definition) is 4. The number of amides is 1. The molecule has 0 aromatic heterocycles. The molecular weight excluding hydrogens is 546 g/mol. The van der Waals surface area contributed by atoms with Crippen LogP contribution in [0.2, 0.25) is 0 Å². The molecule has 1 aromatic carbocycles. The average Bonchev–Trinajstić information content (AvgIpc) is 2.89. The molecule has 3 unspecified atom stereocenters. The van der Waals surface area contributed by atoms with Gasteiger partial charge in [0.15, 0.2) is 23.1 Å². The highest BCUT2D eigenvalue weighted by molar-refractivity contribution is 6.09. The highest BCUT2D eigenvalue weighted by Crippen LogP contribution is 2.27. The molecule has 42 heavy (non-hydrogen) atoms. The van der Waals surface area contributed by atoms with Crippen molar-refractivity contribution in [2.45, 2.75) is 71.6 Å². The largest absolute Gasteiger partial charge is 0.510 e. The lowest BCUT2D eigenvalue weighted by atomic mass is 9.90. The SMILES string of the molecule is CC(C)C(NC(=O)OC(C)(C)C)C(=O)O.COc1cc(/C=C/C(=O)CC(=O)/C=C/C2CC=C(O)C(OC)C2)ccc1O. The molecule has 0 saturated carbocycles. The number of rotatable bonds is 11. The fourth-order valence-electron chi connectivity index (χ4n) is 3.74. The number of aliphatic carboxylic acids is 1. The summed E-state index contributed by atoms with van der Waals surface area (Å²) in [6, 6.07) is 3.79. The van der Waals surface area contributed by atoms with E-state index >= 15 is 0 Å². The van der Waals surface area contributed by atoms with Crippen LogP contribution >= 0.6 is 0 Å². The van der Waals surface area contributed by atoms with Crippen molar-refractivity contribution in [3.63, 3.8) is 0 Å². The number of nitrogens with one attached hydrogen (secondary N) is 1. The maximum Gasteiger partial charge on any atom is 0.408 e. The Morgan fingerprint density at radius 1 is 1.07 bits per heavy atom. The van der Waals surface area contributed by atoms with E-state index in [1.54, 1.807) is 65.0 Å². The number of aliphatic hydroxyl groups excluding tert-OH is 1. The second kappa shape index (κ2) is 17.0. The topological polar surface area (TPSA) is 169 Å². The number of phenolic OH excluding ortho intramolecular Hbond substituents is 1. The van der Waals surface area contributed by atoms with Gasteiger partial charge < -0.3 is 34.8 Å². The molecule has 4 N–H and O–H groups in total. The van der Waals surface area contributed by atoms with E-state index in [1.807, 2.05) is 0 Å². The average molecular weight is 590 g/mol. The highest BCUT2D eigenvalue weighted by atomic mass is 16.6. The molecule has 2 rings (SSSR count). The van der Waals surface area contributed by atoms with E-state index in [1.165, 1.54) is 32.4 Å². The van der Waals surface area contributed by atoms with E-state index in [2.05, 4.69) is 5.32 Å². The van der Waals surface area contributed by atoms with Gasteiger partial charge in [-0.25, -0.2) is 9.59 Å². The van der Waals surface area contributed by atoms with Gasteiger partial charge in [0, 0.05) is 7.11 Å². The summed E-state index contributed by atoms with van der Waals surface area (Å²) in [6.07, 6.45) is 7.73. The molecule has 0 spiro atoms. The van der Waals surface area contributed by atoms with Crippen LogP contribution in [0.15, 0.2) is 48.3 Å². The number of aromatic hydroxyl groups is 1. The van der Waals surface area contributed by atoms with E-state index in [-0.39, 0.29) is 47.4 Å². The number of carboxylic acids is 1. The zero-order chi connectivity index (χ0) is 32.0. The molecule has 232 valence electrons. The standard InChI is InChI=1S/C21H24O6.C10H19NO4/c1-26-20-11-14(5-9-18(20)24)3-7-16(22)13-17(23)8-4-15-6-10-19(25)21(12-15)27-2;1-6(2)7(8(12)13)11-9(14)15-10(3,4)5/h3-5,7-11,15,21,24-25H,6,12-13H2,1-2H3;6-7H,1-5H3,(H,11,14)(H,12,13)/b7-3+,8-4+;. The van der Waals surface area contributed by atoms with E-state index < -0.39 is 23.7 Å². The van der Waals surface area contributed by atoms with Crippen LogP contribution in [0.25, 0.3) is 6.08 Å². The number of carbonyl (C=O) groups is 4. The summed E-state index contributed by atoms with van der Waals surface area (Å²) >= 11 is 0. The monoisotopic (exact) mass is 589 g/mol. The van der Waals surface area contributed by atoms with Crippen molar-refractivity contribution in [3.05, 3.63) is 53.8 Å². The Bertz CT molecular complexity index is 1180. The molecule has 1 aliphatic carbocycles. The van der Waals surface area contributed by atoms with Crippen LogP contribution < -0.4 is 10.1 Å². The second-order valence-corrected chi connectivity index (χ2v) is 11.0. The molecule has 1 aliphatic rings. The number of ether oxygens (including phenoxy) is 3. The van der Waals surface area contributed by atoms with Gasteiger partial charge in [0.1, 0.15) is 23.5 Å². The number of benzene rings is 1. The number of methoxy groups -OCH3 is 2. The maximum atomic E-state index is 12.0. The molecule has 0 heterocycles. The van der Waals surface area contributed by atoms with Crippen molar-refractivity contribution in [1.29, 1.82) is 0 Å². The lowest BCUT2D eigenvalue weighted by Crippen LogP contribution is -2.46. The van der Waals surface area contributed by atoms with Gasteiger partial charge in [0.05, 0.1) is 13.5 Å². The Kier molecular flexibility index (Phi) is 14.5. The fourth-order valence-corrected chi connectivity index (χ4v) is 3.74. The third-order valence-electron chi connectivity index (χ3n) is 5.93. The Morgan fingerprint density at radius 2 is 1.71 bits per heavy atom. The minimum Gasteiger partial charge on any atom is -0.510 e. The van der Waals surface area contributed by atoms with Crippen molar-refractivity contribution in [3.8, 4) is 11.5 Å². The number of ketones is 2.